The maximum atomic E-state index is 12.8. The molecule has 1 atom stereocenters. The van der Waals surface area contributed by atoms with E-state index in [1.54, 1.807) is 32.5 Å². The zero-order valence-electron chi connectivity index (χ0n) is 13.7. The van der Waals surface area contributed by atoms with Gasteiger partial charge in [-0.2, -0.15) is 0 Å². The first-order valence-electron chi connectivity index (χ1n) is 7.78. The van der Waals surface area contributed by atoms with Gasteiger partial charge in [0.05, 0.1) is 20.3 Å². The number of methoxy groups -OCH3 is 2. The van der Waals surface area contributed by atoms with Crippen LogP contribution in [0, 0.1) is 0 Å². The van der Waals surface area contributed by atoms with Crippen LogP contribution in [0.4, 0.5) is 0 Å². The summed E-state index contributed by atoms with van der Waals surface area (Å²) in [5.41, 5.74) is 1.60. The van der Waals surface area contributed by atoms with Gasteiger partial charge in [-0.1, -0.05) is 17.7 Å². The highest BCUT2D eigenvalue weighted by atomic mass is 35.5. The third-order valence-corrected chi connectivity index (χ3v) is 4.49. The number of pyridine rings is 1. The highest BCUT2D eigenvalue weighted by Crippen LogP contribution is 2.37. The molecule has 1 aromatic heterocycles. The normalized spacial score (nSPS) is 17.0. The highest BCUT2D eigenvalue weighted by Gasteiger charge is 2.31. The van der Waals surface area contributed by atoms with Gasteiger partial charge < -0.3 is 14.4 Å². The molecule has 5 nitrogen and oxygen atoms in total. The molecule has 0 bridgehead atoms. The Bertz CT molecular complexity index is 751. The molecule has 0 N–H and O–H groups in total. The predicted molar refractivity (Wildman–Crippen MR) is 91.8 cm³/mol. The molecule has 0 spiro atoms. The molecule has 2 aromatic rings. The van der Waals surface area contributed by atoms with E-state index >= 15 is 0 Å². The Morgan fingerprint density at radius 3 is 2.71 bits per heavy atom. The number of halogens is 1. The van der Waals surface area contributed by atoms with E-state index in [-0.39, 0.29) is 11.9 Å². The summed E-state index contributed by atoms with van der Waals surface area (Å²) < 4.78 is 10.7. The van der Waals surface area contributed by atoms with Crippen LogP contribution in [0.25, 0.3) is 0 Å². The summed E-state index contributed by atoms with van der Waals surface area (Å²) in [6.45, 7) is 0.720. The minimum atomic E-state index is -0.0309. The average Bonchev–Trinajstić information content (AvgIpc) is 3.10. The third-order valence-electron chi connectivity index (χ3n) is 4.28. The number of benzene rings is 1. The molecule has 24 heavy (non-hydrogen) atoms. The van der Waals surface area contributed by atoms with E-state index in [1.165, 1.54) is 0 Å². The molecule has 1 aliphatic rings. The fourth-order valence-corrected chi connectivity index (χ4v) is 3.29. The van der Waals surface area contributed by atoms with Crippen LogP contribution < -0.4 is 9.47 Å². The summed E-state index contributed by atoms with van der Waals surface area (Å²) >= 11 is 5.91. The van der Waals surface area contributed by atoms with Crippen molar-refractivity contribution in [3.8, 4) is 11.5 Å². The smallest absolute Gasteiger partial charge is 0.254 e. The average molecular weight is 347 g/mol. The Morgan fingerprint density at radius 1 is 1.21 bits per heavy atom. The molecule has 1 unspecified atom stereocenters. The molecule has 1 saturated heterocycles. The first kappa shape index (κ1) is 16.6. The molecule has 2 heterocycles. The topological polar surface area (TPSA) is 51.7 Å². The summed E-state index contributed by atoms with van der Waals surface area (Å²) in [6, 6.07) is 9.11. The molecule has 1 fully saturated rings. The molecule has 0 saturated carbocycles. The van der Waals surface area contributed by atoms with Gasteiger partial charge in [-0.15, -0.1) is 0 Å². The van der Waals surface area contributed by atoms with Crippen molar-refractivity contribution in [2.75, 3.05) is 20.8 Å². The lowest BCUT2D eigenvalue weighted by atomic mass is 10.0. The van der Waals surface area contributed by atoms with Gasteiger partial charge in [0.2, 0.25) is 0 Å². The Hall–Kier alpha value is -2.27. The molecule has 126 valence electrons. The Kier molecular flexibility index (Phi) is 4.90. The first-order chi connectivity index (χ1) is 11.6. The Labute approximate surface area is 146 Å². The van der Waals surface area contributed by atoms with Crippen molar-refractivity contribution in [1.82, 2.24) is 9.88 Å². The van der Waals surface area contributed by atoms with Crippen LogP contribution in [0.5, 0.6) is 11.5 Å². The maximum Gasteiger partial charge on any atom is 0.254 e. The van der Waals surface area contributed by atoms with Crippen molar-refractivity contribution in [2.24, 2.45) is 0 Å². The van der Waals surface area contributed by atoms with E-state index in [0.29, 0.717) is 22.2 Å². The number of ether oxygens (including phenoxy) is 2. The van der Waals surface area contributed by atoms with Crippen LogP contribution in [0.1, 0.15) is 34.8 Å². The second kappa shape index (κ2) is 7.09. The highest BCUT2D eigenvalue weighted by molar-refractivity contribution is 6.29. The summed E-state index contributed by atoms with van der Waals surface area (Å²) in [7, 11) is 3.22. The lowest BCUT2D eigenvalue weighted by molar-refractivity contribution is 0.0735. The lowest BCUT2D eigenvalue weighted by Gasteiger charge is -2.26. The van der Waals surface area contributed by atoms with Crippen LogP contribution >= 0.6 is 11.6 Å². The fourth-order valence-electron chi connectivity index (χ4n) is 3.12. The number of amides is 1. The number of hydrogen-bond donors (Lipinski definition) is 0. The van der Waals surface area contributed by atoms with Gasteiger partial charge in [0.1, 0.15) is 5.15 Å². The largest absolute Gasteiger partial charge is 0.493 e. The lowest BCUT2D eigenvalue weighted by Crippen LogP contribution is -2.30. The zero-order chi connectivity index (χ0) is 17.1. The van der Waals surface area contributed by atoms with Crippen LogP contribution in [0.2, 0.25) is 5.15 Å². The van der Waals surface area contributed by atoms with Gasteiger partial charge in [-0.05, 0) is 42.7 Å². The minimum absolute atomic E-state index is 0.0178. The molecule has 6 heteroatoms. The molecule has 1 aliphatic heterocycles. The quantitative estimate of drug-likeness (QED) is 0.791. The number of hydrogen-bond acceptors (Lipinski definition) is 4. The van der Waals surface area contributed by atoms with Gasteiger partial charge in [0.25, 0.3) is 5.91 Å². The van der Waals surface area contributed by atoms with E-state index in [0.717, 1.165) is 24.9 Å². The molecule has 1 amide bonds. The second-order valence-electron chi connectivity index (χ2n) is 5.64. The maximum absolute atomic E-state index is 12.8. The standard InChI is InChI=1S/C18H19ClN2O3/c1-23-15-6-5-12(10-16(15)24-2)14-4-3-9-21(14)18(22)13-7-8-20-17(19)11-13/h5-8,10-11,14H,3-4,9H2,1-2H3. The van der Waals surface area contributed by atoms with E-state index < -0.39 is 0 Å². The number of rotatable bonds is 4. The molecule has 0 aliphatic carbocycles. The summed E-state index contributed by atoms with van der Waals surface area (Å²) in [6.07, 6.45) is 3.43. The van der Waals surface area contributed by atoms with Gasteiger partial charge in [0.15, 0.2) is 11.5 Å². The van der Waals surface area contributed by atoms with E-state index in [2.05, 4.69) is 4.98 Å². The van der Waals surface area contributed by atoms with Gasteiger partial charge >= 0.3 is 0 Å². The van der Waals surface area contributed by atoms with Crippen molar-refractivity contribution < 1.29 is 14.3 Å². The predicted octanol–water partition coefficient (Wildman–Crippen LogP) is 3.73. The summed E-state index contributed by atoms with van der Waals surface area (Å²) in [5, 5.41) is 0.322. The fraction of sp³-hybridized carbons (Fsp3) is 0.333. The van der Waals surface area contributed by atoms with Crippen molar-refractivity contribution in [3.05, 3.63) is 52.8 Å². The molecule has 0 radical (unpaired) electrons. The summed E-state index contributed by atoms with van der Waals surface area (Å²) in [5.74, 6) is 1.32. The van der Waals surface area contributed by atoms with Crippen LogP contribution in [-0.2, 0) is 0 Å². The van der Waals surface area contributed by atoms with E-state index in [4.69, 9.17) is 21.1 Å². The van der Waals surface area contributed by atoms with Gasteiger partial charge in [0, 0.05) is 18.3 Å². The SMILES string of the molecule is COc1ccc(C2CCCN2C(=O)c2ccnc(Cl)c2)cc1OC. The first-order valence-corrected chi connectivity index (χ1v) is 8.16. The molecule has 1 aromatic carbocycles. The van der Waals surface area contributed by atoms with Crippen molar-refractivity contribution in [1.29, 1.82) is 0 Å². The van der Waals surface area contributed by atoms with E-state index in [9.17, 15) is 4.79 Å². The van der Waals surface area contributed by atoms with Gasteiger partial charge in [-0.25, -0.2) is 4.98 Å². The molecular formula is C18H19ClN2O3. The Morgan fingerprint density at radius 2 is 2.00 bits per heavy atom. The van der Waals surface area contributed by atoms with E-state index in [1.807, 2.05) is 23.1 Å². The van der Waals surface area contributed by atoms with Crippen molar-refractivity contribution >= 4 is 17.5 Å². The number of carbonyl (C=O) groups excluding carboxylic acids is 1. The summed E-state index contributed by atoms with van der Waals surface area (Å²) in [4.78, 5) is 18.7. The number of carbonyl (C=O) groups is 1. The molecular weight excluding hydrogens is 328 g/mol. The number of likely N-dealkylation sites (tertiary alicyclic amines) is 1. The third kappa shape index (κ3) is 3.17. The second-order valence-corrected chi connectivity index (χ2v) is 6.03. The molecule has 3 rings (SSSR count). The minimum Gasteiger partial charge on any atom is -0.493 e. The van der Waals surface area contributed by atoms with Crippen LogP contribution in [0.15, 0.2) is 36.5 Å². The van der Waals surface area contributed by atoms with Crippen molar-refractivity contribution in [2.45, 2.75) is 18.9 Å². The van der Waals surface area contributed by atoms with Gasteiger partial charge in [-0.3, -0.25) is 4.79 Å². The zero-order valence-corrected chi connectivity index (χ0v) is 14.4. The van der Waals surface area contributed by atoms with Crippen molar-refractivity contribution in [3.63, 3.8) is 0 Å². The Balaban J connectivity index is 1.89. The number of aromatic nitrogens is 1. The van der Waals surface area contributed by atoms with Crippen LogP contribution in [0.3, 0.4) is 0 Å². The monoisotopic (exact) mass is 346 g/mol. The number of nitrogens with zero attached hydrogens (tertiary/aromatic N) is 2. The van der Waals surface area contributed by atoms with Crippen LogP contribution in [-0.4, -0.2) is 36.6 Å².